The Hall–Kier alpha value is -2.70. The highest BCUT2D eigenvalue weighted by atomic mass is 35.5. The van der Waals surface area contributed by atoms with Crippen LogP contribution in [0.5, 0.6) is 11.5 Å². The first-order chi connectivity index (χ1) is 13.9. The van der Waals surface area contributed by atoms with Gasteiger partial charge in [0, 0.05) is 16.1 Å². The van der Waals surface area contributed by atoms with E-state index in [1.807, 2.05) is 19.1 Å². The number of esters is 1. The summed E-state index contributed by atoms with van der Waals surface area (Å²) in [5.41, 5.74) is 1.47. The van der Waals surface area contributed by atoms with Crippen LogP contribution in [0.2, 0.25) is 10.0 Å². The zero-order valence-electron chi connectivity index (χ0n) is 15.6. The summed E-state index contributed by atoms with van der Waals surface area (Å²) in [4.78, 5) is 23.9. The maximum absolute atomic E-state index is 12.1. The monoisotopic (exact) mass is 435 g/mol. The molecule has 0 bridgehead atoms. The highest BCUT2D eigenvalue weighted by molar-refractivity contribution is 6.35. The molecule has 6 nitrogen and oxygen atoms in total. The fraction of sp³-hybridized carbons (Fsp3) is 0.238. The van der Waals surface area contributed by atoms with Gasteiger partial charge in [-0.2, -0.15) is 0 Å². The molecule has 29 heavy (non-hydrogen) atoms. The van der Waals surface area contributed by atoms with E-state index in [9.17, 15) is 9.59 Å². The number of carbonyl (C=O) groups excluding carboxylic acids is 2. The normalized spacial score (nSPS) is 13.8. The predicted octanol–water partition coefficient (Wildman–Crippen LogP) is 4.20. The molecule has 1 unspecified atom stereocenters. The number of nitrogens with one attached hydrogen (secondary N) is 1. The van der Waals surface area contributed by atoms with E-state index in [4.69, 9.17) is 37.4 Å². The number of fused-ring (bicyclic) bond motifs is 1. The highest BCUT2D eigenvalue weighted by Gasteiger charge is 2.16. The van der Waals surface area contributed by atoms with Crippen molar-refractivity contribution >= 4 is 41.2 Å². The lowest BCUT2D eigenvalue weighted by atomic mass is 10.1. The molecule has 0 spiro atoms. The van der Waals surface area contributed by atoms with Crippen LogP contribution in [0.1, 0.15) is 24.1 Å². The third kappa shape index (κ3) is 5.89. The Balaban J connectivity index is 1.49. The number of amides is 1. The molecule has 8 heteroatoms. The number of hydrogen-bond donors (Lipinski definition) is 1. The van der Waals surface area contributed by atoms with E-state index in [-0.39, 0.29) is 6.04 Å². The number of halogens is 2. The molecule has 0 fully saturated rings. The van der Waals surface area contributed by atoms with Crippen molar-refractivity contribution < 1.29 is 23.8 Å². The molecule has 2 aromatic rings. The molecule has 0 saturated carbocycles. The van der Waals surface area contributed by atoms with Crippen molar-refractivity contribution in [2.45, 2.75) is 13.0 Å². The first kappa shape index (κ1) is 21.0. The molecule has 1 atom stereocenters. The first-order valence-electron chi connectivity index (χ1n) is 8.91. The van der Waals surface area contributed by atoms with Crippen molar-refractivity contribution in [1.29, 1.82) is 0 Å². The van der Waals surface area contributed by atoms with Crippen molar-refractivity contribution in [2.24, 2.45) is 0 Å². The van der Waals surface area contributed by atoms with Crippen molar-refractivity contribution in [1.82, 2.24) is 5.32 Å². The summed E-state index contributed by atoms with van der Waals surface area (Å²) in [6.45, 7) is 2.44. The molecule has 1 aliphatic rings. The van der Waals surface area contributed by atoms with E-state index in [2.05, 4.69) is 5.32 Å². The van der Waals surface area contributed by atoms with E-state index >= 15 is 0 Å². The molecule has 1 aliphatic heterocycles. The molecule has 1 N–H and O–H groups in total. The number of hydrogen-bond acceptors (Lipinski definition) is 5. The van der Waals surface area contributed by atoms with Crippen LogP contribution in [0.3, 0.4) is 0 Å². The quantitative estimate of drug-likeness (QED) is 0.543. The minimum Gasteiger partial charge on any atom is -0.486 e. The van der Waals surface area contributed by atoms with Crippen LogP contribution < -0.4 is 14.8 Å². The molecule has 0 radical (unpaired) electrons. The number of ether oxygens (including phenoxy) is 3. The lowest BCUT2D eigenvalue weighted by Gasteiger charge is -2.21. The molecule has 0 aromatic heterocycles. The first-order valence-corrected chi connectivity index (χ1v) is 9.67. The molecule has 152 valence electrons. The van der Waals surface area contributed by atoms with Crippen LogP contribution in [-0.4, -0.2) is 31.7 Å². The molecule has 0 saturated heterocycles. The second-order valence-corrected chi connectivity index (χ2v) is 7.14. The van der Waals surface area contributed by atoms with E-state index < -0.39 is 18.5 Å². The van der Waals surface area contributed by atoms with Crippen molar-refractivity contribution in [3.63, 3.8) is 0 Å². The Morgan fingerprint density at radius 2 is 1.90 bits per heavy atom. The van der Waals surface area contributed by atoms with Gasteiger partial charge in [0.1, 0.15) is 13.2 Å². The summed E-state index contributed by atoms with van der Waals surface area (Å²) in [6.07, 6.45) is 2.70. The van der Waals surface area contributed by atoms with Crippen LogP contribution in [-0.2, 0) is 14.3 Å². The van der Waals surface area contributed by atoms with Gasteiger partial charge < -0.3 is 19.5 Å². The van der Waals surface area contributed by atoms with Crippen molar-refractivity contribution in [3.8, 4) is 11.5 Å². The Morgan fingerprint density at radius 1 is 1.14 bits per heavy atom. The highest BCUT2D eigenvalue weighted by Crippen LogP contribution is 2.32. The van der Waals surface area contributed by atoms with E-state index in [1.165, 1.54) is 12.2 Å². The lowest BCUT2D eigenvalue weighted by Crippen LogP contribution is -2.31. The number of rotatable bonds is 6. The van der Waals surface area contributed by atoms with Gasteiger partial charge in [0.05, 0.1) is 6.04 Å². The van der Waals surface area contributed by atoms with Crippen molar-refractivity contribution in [2.75, 3.05) is 19.8 Å². The summed E-state index contributed by atoms with van der Waals surface area (Å²) in [7, 11) is 0. The number of carbonyl (C=O) groups is 2. The number of benzene rings is 2. The minimum atomic E-state index is -0.654. The van der Waals surface area contributed by atoms with Crippen LogP contribution >= 0.6 is 23.2 Å². The van der Waals surface area contributed by atoms with Gasteiger partial charge in [-0.1, -0.05) is 35.3 Å². The van der Waals surface area contributed by atoms with Crippen molar-refractivity contribution in [3.05, 3.63) is 63.6 Å². The lowest BCUT2D eigenvalue weighted by molar-refractivity contribution is -0.144. The largest absolute Gasteiger partial charge is 0.486 e. The predicted molar refractivity (Wildman–Crippen MR) is 110 cm³/mol. The summed E-state index contributed by atoms with van der Waals surface area (Å²) in [6, 6.07) is 10.1. The SMILES string of the molecule is CC(NC(=O)COC(=O)/C=C/c1ccc(Cl)cc1Cl)c1ccc2c(c1)OCCO2. The van der Waals surface area contributed by atoms with E-state index in [0.717, 1.165) is 5.56 Å². The molecular formula is C21H19Cl2NO5. The Bertz CT molecular complexity index is 945. The molecule has 1 heterocycles. The minimum absolute atomic E-state index is 0.291. The average molecular weight is 436 g/mol. The summed E-state index contributed by atoms with van der Waals surface area (Å²) < 4.78 is 16.0. The topological polar surface area (TPSA) is 73.9 Å². The van der Waals surface area contributed by atoms with Crippen LogP contribution in [0.4, 0.5) is 0 Å². The molecule has 3 rings (SSSR count). The Labute approximate surface area is 178 Å². The van der Waals surface area contributed by atoms with Crippen LogP contribution in [0.15, 0.2) is 42.5 Å². The van der Waals surface area contributed by atoms with Gasteiger partial charge in [-0.25, -0.2) is 4.79 Å². The van der Waals surface area contributed by atoms with E-state index in [1.54, 1.807) is 24.3 Å². The zero-order chi connectivity index (χ0) is 20.8. The van der Waals surface area contributed by atoms with Gasteiger partial charge in [-0.15, -0.1) is 0 Å². The maximum atomic E-state index is 12.1. The van der Waals surface area contributed by atoms with Gasteiger partial charge >= 0.3 is 5.97 Å². The molecule has 1 amide bonds. The summed E-state index contributed by atoms with van der Waals surface area (Å²) >= 11 is 11.9. The Morgan fingerprint density at radius 3 is 2.66 bits per heavy atom. The zero-order valence-corrected chi connectivity index (χ0v) is 17.1. The van der Waals surface area contributed by atoms with Gasteiger partial charge in [0.2, 0.25) is 0 Å². The summed E-state index contributed by atoms with van der Waals surface area (Å²) in [5, 5.41) is 3.68. The standard InChI is InChI=1S/C21H19Cl2NO5/c1-13(15-3-6-18-19(10-15)28-9-8-27-18)24-20(25)12-29-21(26)7-4-14-2-5-16(22)11-17(14)23/h2-7,10-11,13H,8-9,12H2,1H3,(H,24,25)/b7-4+. The molecule has 0 aliphatic carbocycles. The average Bonchev–Trinajstić information content (AvgIpc) is 2.71. The fourth-order valence-electron chi connectivity index (χ4n) is 2.68. The third-order valence-corrected chi connectivity index (χ3v) is 4.71. The smallest absolute Gasteiger partial charge is 0.331 e. The second kappa shape index (κ2) is 9.67. The second-order valence-electron chi connectivity index (χ2n) is 6.30. The van der Waals surface area contributed by atoms with E-state index in [0.29, 0.717) is 40.3 Å². The summed E-state index contributed by atoms with van der Waals surface area (Å²) in [5.74, 6) is 0.254. The van der Waals surface area contributed by atoms with Gasteiger partial charge in [0.25, 0.3) is 5.91 Å². The van der Waals surface area contributed by atoms with Crippen LogP contribution in [0.25, 0.3) is 6.08 Å². The molecular weight excluding hydrogens is 417 g/mol. The van der Waals surface area contributed by atoms with Gasteiger partial charge in [-0.05, 0) is 48.4 Å². The van der Waals surface area contributed by atoms with Gasteiger partial charge in [0.15, 0.2) is 18.1 Å². The fourth-order valence-corrected chi connectivity index (χ4v) is 3.15. The third-order valence-electron chi connectivity index (χ3n) is 4.15. The Kier molecular flexibility index (Phi) is 7.01. The maximum Gasteiger partial charge on any atom is 0.331 e. The molecule has 2 aromatic carbocycles. The van der Waals surface area contributed by atoms with Gasteiger partial charge in [-0.3, -0.25) is 4.79 Å². The van der Waals surface area contributed by atoms with Crippen LogP contribution in [0, 0.1) is 0 Å².